The van der Waals surface area contributed by atoms with Crippen molar-refractivity contribution in [2.75, 3.05) is 25.2 Å². The van der Waals surface area contributed by atoms with Gasteiger partial charge in [-0.25, -0.2) is 0 Å². The van der Waals surface area contributed by atoms with E-state index in [1.165, 1.54) is 0 Å². The Labute approximate surface area is 148 Å². The first-order chi connectivity index (χ1) is 11.5. The fourth-order valence-corrected chi connectivity index (χ4v) is 3.61. The van der Waals surface area contributed by atoms with Crippen LogP contribution >= 0.6 is 12.6 Å². The van der Waals surface area contributed by atoms with Crippen molar-refractivity contribution in [3.63, 3.8) is 0 Å². The predicted octanol–water partition coefficient (Wildman–Crippen LogP) is 2.42. The third-order valence-electron chi connectivity index (χ3n) is 4.90. The molecule has 1 saturated carbocycles. The lowest BCUT2D eigenvalue weighted by atomic mass is 9.73. The van der Waals surface area contributed by atoms with Crippen molar-refractivity contribution in [3.05, 3.63) is 29.8 Å². The van der Waals surface area contributed by atoms with Gasteiger partial charge in [0.25, 0.3) is 0 Å². The van der Waals surface area contributed by atoms with E-state index in [4.69, 9.17) is 4.74 Å². The predicted molar refractivity (Wildman–Crippen MR) is 98.4 cm³/mol. The monoisotopic (exact) mass is 350 g/mol. The number of rotatable bonds is 6. The Morgan fingerprint density at radius 1 is 1.29 bits per heavy atom. The summed E-state index contributed by atoms with van der Waals surface area (Å²) in [5.41, 5.74) is 1.03. The fourth-order valence-electron chi connectivity index (χ4n) is 3.15. The molecule has 1 aromatic carbocycles. The number of ether oxygens (including phenoxy) is 1. The Balaban J connectivity index is 2.12. The smallest absolute Gasteiger partial charge is 0.231 e. The van der Waals surface area contributed by atoms with E-state index >= 15 is 0 Å². The summed E-state index contributed by atoms with van der Waals surface area (Å²) < 4.78 is 5.40. The van der Waals surface area contributed by atoms with Gasteiger partial charge in [-0.15, -0.1) is 0 Å². The highest BCUT2D eigenvalue weighted by atomic mass is 32.1. The number of likely N-dealkylation sites (N-methyl/N-ethyl adjacent to an activating group) is 1. The average Bonchev–Trinajstić information content (AvgIpc) is 2.63. The minimum absolute atomic E-state index is 0.0172. The molecule has 0 atom stereocenters. The first kappa shape index (κ1) is 18.8. The van der Waals surface area contributed by atoms with Gasteiger partial charge in [0.1, 0.15) is 0 Å². The van der Waals surface area contributed by atoms with Crippen molar-refractivity contribution in [2.24, 2.45) is 5.41 Å². The Bertz CT molecular complexity index is 583. The lowest BCUT2D eigenvalue weighted by Crippen LogP contribution is -2.42. The number of nitrogens with one attached hydrogen (secondary N) is 2. The normalized spacial score (nSPS) is 23.5. The van der Waals surface area contributed by atoms with Crippen LogP contribution in [0, 0.1) is 5.41 Å². The van der Waals surface area contributed by atoms with Crippen LogP contribution in [-0.2, 0) is 20.7 Å². The van der Waals surface area contributed by atoms with E-state index in [9.17, 15) is 9.59 Å². The number of amides is 2. The number of para-hydroxylation sites is 1. The SMILES string of the molecule is CNC(=O)Cc1ccccc1NC(=O)[C@]1(CS)CC[C@H](OC)CC1. The van der Waals surface area contributed by atoms with Crippen LogP contribution in [0.15, 0.2) is 24.3 Å². The van der Waals surface area contributed by atoms with Gasteiger partial charge in [-0.2, -0.15) is 12.6 Å². The molecule has 0 unspecified atom stereocenters. The molecule has 0 spiro atoms. The summed E-state index contributed by atoms with van der Waals surface area (Å²) in [7, 11) is 3.32. The minimum Gasteiger partial charge on any atom is -0.381 e. The van der Waals surface area contributed by atoms with Crippen molar-refractivity contribution in [2.45, 2.75) is 38.2 Å². The van der Waals surface area contributed by atoms with Crippen molar-refractivity contribution in [1.82, 2.24) is 5.32 Å². The van der Waals surface area contributed by atoms with E-state index in [1.54, 1.807) is 14.2 Å². The van der Waals surface area contributed by atoms with Gasteiger partial charge in [0.2, 0.25) is 11.8 Å². The van der Waals surface area contributed by atoms with Crippen molar-refractivity contribution in [1.29, 1.82) is 0 Å². The molecule has 2 amide bonds. The van der Waals surface area contributed by atoms with E-state index in [2.05, 4.69) is 23.3 Å². The molecule has 0 radical (unpaired) electrons. The zero-order chi connectivity index (χ0) is 17.6. The molecule has 1 aliphatic rings. The van der Waals surface area contributed by atoms with E-state index < -0.39 is 5.41 Å². The van der Waals surface area contributed by atoms with Crippen LogP contribution in [0.1, 0.15) is 31.2 Å². The third kappa shape index (κ3) is 4.30. The molecule has 132 valence electrons. The maximum Gasteiger partial charge on any atom is 0.231 e. The standard InChI is InChI=1S/C18H26N2O3S/c1-19-16(21)11-13-5-3-4-6-15(13)20-17(22)18(12-24)9-7-14(23-2)8-10-18/h3-6,14,24H,7-12H2,1-2H3,(H,19,21)(H,20,22)/t14-,18+. The number of carbonyl (C=O) groups excluding carboxylic acids is 2. The molecule has 0 bridgehead atoms. The van der Waals surface area contributed by atoms with Gasteiger partial charge >= 0.3 is 0 Å². The summed E-state index contributed by atoms with van der Waals surface area (Å²) in [6.07, 6.45) is 3.73. The molecule has 5 nitrogen and oxygen atoms in total. The Hall–Kier alpha value is -1.53. The second kappa shape index (κ2) is 8.53. The Morgan fingerprint density at radius 3 is 2.54 bits per heavy atom. The highest BCUT2D eigenvalue weighted by Gasteiger charge is 2.41. The van der Waals surface area contributed by atoms with Gasteiger partial charge < -0.3 is 15.4 Å². The number of thiol groups is 1. The zero-order valence-electron chi connectivity index (χ0n) is 14.3. The lowest BCUT2D eigenvalue weighted by molar-refractivity contribution is -0.127. The first-order valence-electron chi connectivity index (χ1n) is 8.28. The number of methoxy groups -OCH3 is 1. The van der Waals surface area contributed by atoms with E-state index in [0.29, 0.717) is 11.4 Å². The van der Waals surface area contributed by atoms with Gasteiger partial charge in [0, 0.05) is 25.6 Å². The van der Waals surface area contributed by atoms with Crippen LogP contribution in [-0.4, -0.2) is 37.8 Å². The number of hydrogen-bond donors (Lipinski definition) is 3. The van der Waals surface area contributed by atoms with Gasteiger partial charge in [0.05, 0.1) is 17.9 Å². The van der Waals surface area contributed by atoms with Crippen molar-refractivity contribution < 1.29 is 14.3 Å². The second-order valence-corrected chi connectivity index (χ2v) is 6.65. The minimum atomic E-state index is -0.474. The van der Waals surface area contributed by atoms with E-state index in [-0.39, 0.29) is 24.3 Å². The molecule has 0 aliphatic heterocycles. The second-order valence-electron chi connectivity index (χ2n) is 6.33. The molecule has 2 N–H and O–H groups in total. The zero-order valence-corrected chi connectivity index (χ0v) is 15.2. The Kier molecular flexibility index (Phi) is 6.69. The van der Waals surface area contributed by atoms with Gasteiger partial charge in [-0.05, 0) is 37.3 Å². The fraction of sp³-hybridized carbons (Fsp3) is 0.556. The molecule has 6 heteroatoms. The van der Waals surface area contributed by atoms with Gasteiger partial charge in [-0.1, -0.05) is 18.2 Å². The molecule has 0 aromatic heterocycles. The summed E-state index contributed by atoms with van der Waals surface area (Å²) in [5.74, 6) is 0.407. The van der Waals surface area contributed by atoms with Gasteiger partial charge in [-0.3, -0.25) is 9.59 Å². The molecule has 2 rings (SSSR count). The third-order valence-corrected chi connectivity index (χ3v) is 5.51. The maximum atomic E-state index is 12.9. The highest BCUT2D eigenvalue weighted by molar-refractivity contribution is 7.80. The molecule has 1 aromatic rings. The van der Waals surface area contributed by atoms with E-state index in [0.717, 1.165) is 31.2 Å². The molecule has 0 saturated heterocycles. The largest absolute Gasteiger partial charge is 0.381 e. The molecular weight excluding hydrogens is 324 g/mol. The number of carbonyl (C=O) groups is 2. The van der Waals surface area contributed by atoms with Crippen LogP contribution in [0.25, 0.3) is 0 Å². The summed E-state index contributed by atoms with van der Waals surface area (Å²) in [5, 5.41) is 5.64. The van der Waals surface area contributed by atoms with Crippen LogP contribution in [0.3, 0.4) is 0 Å². The van der Waals surface area contributed by atoms with Crippen LogP contribution < -0.4 is 10.6 Å². The number of hydrogen-bond acceptors (Lipinski definition) is 4. The number of anilines is 1. The molecule has 0 heterocycles. The summed E-state index contributed by atoms with van der Waals surface area (Å²) in [6.45, 7) is 0. The topological polar surface area (TPSA) is 67.4 Å². The van der Waals surface area contributed by atoms with E-state index in [1.807, 2.05) is 24.3 Å². The highest BCUT2D eigenvalue weighted by Crippen LogP contribution is 2.39. The lowest BCUT2D eigenvalue weighted by Gasteiger charge is -2.37. The van der Waals surface area contributed by atoms with Crippen LogP contribution in [0.4, 0.5) is 5.69 Å². The van der Waals surface area contributed by atoms with Crippen LogP contribution in [0.2, 0.25) is 0 Å². The summed E-state index contributed by atoms with van der Waals surface area (Å²) >= 11 is 4.44. The molecule has 1 fully saturated rings. The van der Waals surface area contributed by atoms with Crippen molar-refractivity contribution in [3.8, 4) is 0 Å². The Morgan fingerprint density at radius 2 is 1.96 bits per heavy atom. The van der Waals surface area contributed by atoms with Crippen LogP contribution in [0.5, 0.6) is 0 Å². The van der Waals surface area contributed by atoms with Gasteiger partial charge in [0.15, 0.2) is 0 Å². The quantitative estimate of drug-likeness (QED) is 0.690. The number of benzene rings is 1. The maximum absolute atomic E-state index is 12.9. The first-order valence-corrected chi connectivity index (χ1v) is 8.91. The summed E-state index contributed by atoms with van der Waals surface area (Å²) in [6, 6.07) is 7.42. The average molecular weight is 350 g/mol. The molecule has 24 heavy (non-hydrogen) atoms. The molecular formula is C18H26N2O3S. The van der Waals surface area contributed by atoms with Crippen molar-refractivity contribution >= 4 is 30.1 Å². The summed E-state index contributed by atoms with van der Waals surface area (Å²) in [4.78, 5) is 24.6. The molecule has 1 aliphatic carbocycles.